The van der Waals surface area contributed by atoms with E-state index in [4.69, 9.17) is 18.9 Å². The normalized spacial score (nSPS) is 14.3. The number of methoxy groups -OCH3 is 3. The van der Waals surface area contributed by atoms with Gasteiger partial charge in [0.15, 0.2) is 18.1 Å². The van der Waals surface area contributed by atoms with Crippen LogP contribution in [0.1, 0.15) is 37.7 Å². The molecule has 7 heteroatoms. The molecule has 150 valence electrons. The van der Waals surface area contributed by atoms with Gasteiger partial charge in [0.1, 0.15) is 0 Å². The molecule has 0 aromatic heterocycles. The number of benzene rings is 1. The maximum absolute atomic E-state index is 12.1. The highest BCUT2D eigenvalue weighted by molar-refractivity contribution is 5.81. The summed E-state index contributed by atoms with van der Waals surface area (Å²) in [5.74, 6) is 1.17. The van der Waals surface area contributed by atoms with Gasteiger partial charge in [-0.1, -0.05) is 19.3 Å². The van der Waals surface area contributed by atoms with Gasteiger partial charge in [0.2, 0.25) is 5.75 Å². The van der Waals surface area contributed by atoms with Crippen molar-refractivity contribution in [1.29, 1.82) is 0 Å². The molecule has 0 spiro atoms. The average Bonchev–Trinajstić information content (AvgIpc) is 2.70. The van der Waals surface area contributed by atoms with Crippen LogP contribution in [0, 0.1) is 5.92 Å². The van der Waals surface area contributed by atoms with E-state index < -0.39 is 5.97 Å². The van der Waals surface area contributed by atoms with Gasteiger partial charge in [-0.15, -0.1) is 0 Å². The summed E-state index contributed by atoms with van der Waals surface area (Å²) in [6, 6.07) is 3.37. The fourth-order valence-corrected chi connectivity index (χ4v) is 3.30. The highest BCUT2D eigenvalue weighted by Gasteiger charge is 2.17. The lowest BCUT2D eigenvalue weighted by molar-refractivity contribution is -0.147. The first-order valence-electron chi connectivity index (χ1n) is 9.28. The zero-order chi connectivity index (χ0) is 19.6. The van der Waals surface area contributed by atoms with E-state index in [1.165, 1.54) is 40.6 Å². The summed E-state index contributed by atoms with van der Waals surface area (Å²) in [6.45, 7) is 0.388. The van der Waals surface area contributed by atoms with Crippen LogP contribution in [0.5, 0.6) is 17.2 Å². The number of amides is 1. The second-order valence-corrected chi connectivity index (χ2v) is 6.68. The third-order valence-electron chi connectivity index (χ3n) is 4.75. The molecular formula is C20H29NO6. The van der Waals surface area contributed by atoms with Crippen LogP contribution in [0.3, 0.4) is 0 Å². The molecule has 1 aliphatic rings. The molecule has 0 heterocycles. The van der Waals surface area contributed by atoms with Gasteiger partial charge >= 0.3 is 5.97 Å². The van der Waals surface area contributed by atoms with Crippen molar-refractivity contribution in [2.45, 2.75) is 38.5 Å². The quantitative estimate of drug-likeness (QED) is 0.664. The third kappa shape index (κ3) is 6.34. The number of carbonyl (C=O) groups excluding carboxylic acids is 2. The maximum atomic E-state index is 12.1. The third-order valence-corrected chi connectivity index (χ3v) is 4.75. The van der Waals surface area contributed by atoms with Crippen LogP contribution in [0.25, 0.3) is 0 Å². The van der Waals surface area contributed by atoms with Crippen molar-refractivity contribution < 1.29 is 28.5 Å². The Hall–Kier alpha value is -2.44. The molecule has 1 fully saturated rings. The molecule has 0 aliphatic heterocycles. The van der Waals surface area contributed by atoms with Gasteiger partial charge in [0, 0.05) is 6.54 Å². The van der Waals surface area contributed by atoms with Crippen molar-refractivity contribution in [3.63, 3.8) is 0 Å². The molecular weight excluding hydrogens is 350 g/mol. The number of hydrogen-bond acceptors (Lipinski definition) is 6. The predicted octanol–water partition coefficient (Wildman–Crippen LogP) is 2.49. The SMILES string of the molecule is COc1cc(CC(=O)OCC(=O)NCC2CCCCC2)cc(OC)c1OC. The van der Waals surface area contributed by atoms with Crippen LogP contribution in [-0.4, -0.2) is 46.4 Å². The van der Waals surface area contributed by atoms with Crippen molar-refractivity contribution in [2.75, 3.05) is 34.5 Å². The maximum Gasteiger partial charge on any atom is 0.310 e. The number of esters is 1. The molecule has 2 rings (SSSR count). The van der Waals surface area contributed by atoms with Crippen molar-refractivity contribution in [3.8, 4) is 17.2 Å². The number of carbonyl (C=O) groups is 2. The van der Waals surface area contributed by atoms with Gasteiger partial charge in [-0.25, -0.2) is 0 Å². The fourth-order valence-electron chi connectivity index (χ4n) is 3.30. The molecule has 27 heavy (non-hydrogen) atoms. The summed E-state index contributed by atoms with van der Waals surface area (Å²) in [6.07, 6.45) is 6.05. The van der Waals surface area contributed by atoms with Gasteiger partial charge in [-0.2, -0.15) is 0 Å². The standard InChI is InChI=1S/C20H29NO6/c1-24-16-9-15(10-17(25-2)20(16)26-3)11-19(23)27-13-18(22)21-12-14-7-5-4-6-8-14/h9-10,14H,4-8,11-13H2,1-3H3,(H,21,22). The van der Waals surface area contributed by atoms with Crippen LogP contribution in [0.2, 0.25) is 0 Å². The summed E-state index contributed by atoms with van der Waals surface area (Å²) >= 11 is 0. The summed E-state index contributed by atoms with van der Waals surface area (Å²) in [5.41, 5.74) is 0.650. The summed E-state index contributed by atoms with van der Waals surface area (Å²) in [4.78, 5) is 23.9. The fraction of sp³-hybridized carbons (Fsp3) is 0.600. The monoisotopic (exact) mass is 379 g/mol. The molecule has 0 radical (unpaired) electrons. The minimum Gasteiger partial charge on any atom is -0.493 e. The van der Waals surface area contributed by atoms with Gasteiger partial charge in [-0.05, 0) is 36.5 Å². The summed E-state index contributed by atoms with van der Waals surface area (Å²) < 4.78 is 20.9. The van der Waals surface area contributed by atoms with Crippen molar-refractivity contribution in [2.24, 2.45) is 5.92 Å². The smallest absolute Gasteiger partial charge is 0.310 e. The lowest BCUT2D eigenvalue weighted by Crippen LogP contribution is -2.33. The van der Waals surface area contributed by atoms with Crippen molar-refractivity contribution in [1.82, 2.24) is 5.32 Å². The number of hydrogen-bond donors (Lipinski definition) is 1. The Morgan fingerprint density at radius 2 is 1.63 bits per heavy atom. The van der Waals surface area contributed by atoms with E-state index >= 15 is 0 Å². The van der Waals surface area contributed by atoms with Gasteiger partial charge in [-0.3, -0.25) is 9.59 Å². The Labute approximate surface area is 160 Å². The van der Waals surface area contributed by atoms with E-state index in [2.05, 4.69) is 5.32 Å². The second kappa shape index (κ2) is 10.6. The highest BCUT2D eigenvalue weighted by Crippen LogP contribution is 2.38. The van der Waals surface area contributed by atoms with Gasteiger partial charge in [0.05, 0.1) is 27.8 Å². The molecule has 0 bridgehead atoms. The zero-order valence-electron chi connectivity index (χ0n) is 16.3. The van der Waals surface area contributed by atoms with Crippen molar-refractivity contribution >= 4 is 11.9 Å². The number of rotatable bonds is 9. The zero-order valence-corrected chi connectivity index (χ0v) is 16.3. The van der Waals surface area contributed by atoms with Crippen molar-refractivity contribution in [3.05, 3.63) is 17.7 Å². The number of nitrogens with one attached hydrogen (secondary N) is 1. The Balaban J connectivity index is 1.81. The largest absolute Gasteiger partial charge is 0.493 e. The van der Waals surface area contributed by atoms with E-state index in [0.29, 0.717) is 35.3 Å². The van der Waals surface area contributed by atoms with Crippen LogP contribution in [0.15, 0.2) is 12.1 Å². The van der Waals surface area contributed by atoms with Crippen LogP contribution in [0.4, 0.5) is 0 Å². The Kier molecular flexibility index (Phi) is 8.23. The molecule has 1 aliphatic carbocycles. The molecule has 0 atom stereocenters. The van der Waals surface area contributed by atoms with E-state index in [-0.39, 0.29) is 18.9 Å². The van der Waals surface area contributed by atoms with Crippen LogP contribution < -0.4 is 19.5 Å². The molecule has 1 N–H and O–H groups in total. The van der Waals surface area contributed by atoms with Crippen LogP contribution in [-0.2, 0) is 20.7 Å². The molecule has 1 aromatic rings. The van der Waals surface area contributed by atoms with E-state index in [9.17, 15) is 9.59 Å². The second-order valence-electron chi connectivity index (χ2n) is 6.68. The first-order chi connectivity index (χ1) is 13.1. The van der Waals surface area contributed by atoms with E-state index in [0.717, 1.165) is 12.8 Å². The minimum atomic E-state index is -0.489. The molecule has 1 saturated carbocycles. The van der Waals surface area contributed by atoms with Crippen LogP contribution >= 0.6 is 0 Å². The molecule has 1 amide bonds. The minimum absolute atomic E-state index is 0.00657. The van der Waals surface area contributed by atoms with Gasteiger partial charge in [0.25, 0.3) is 5.91 Å². The Bertz CT molecular complexity index is 614. The Morgan fingerprint density at radius 3 is 2.19 bits per heavy atom. The molecule has 7 nitrogen and oxygen atoms in total. The highest BCUT2D eigenvalue weighted by atomic mass is 16.5. The van der Waals surface area contributed by atoms with E-state index in [1.54, 1.807) is 12.1 Å². The van der Waals surface area contributed by atoms with Gasteiger partial charge < -0.3 is 24.3 Å². The molecule has 0 unspecified atom stereocenters. The lowest BCUT2D eigenvalue weighted by atomic mass is 9.89. The Morgan fingerprint density at radius 1 is 1.00 bits per heavy atom. The van der Waals surface area contributed by atoms with E-state index in [1.807, 2.05) is 0 Å². The average molecular weight is 379 g/mol. The first kappa shape index (κ1) is 20.9. The lowest BCUT2D eigenvalue weighted by Gasteiger charge is -2.21. The molecule has 0 saturated heterocycles. The topological polar surface area (TPSA) is 83.1 Å². The molecule has 1 aromatic carbocycles. The first-order valence-corrected chi connectivity index (χ1v) is 9.28. The predicted molar refractivity (Wildman–Crippen MR) is 100 cm³/mol. The summed E-state index contributed by atoms with van der Waals surface area (Å²) in [7, 11) is 4.53. The summed E-state index contributed by atoms with van der Waals surface area (Å²) in [5, 5.41) is 2.85. The number of ether oxygens (including phenoxy) is 4.